The van der Waals surface area contributed by atoms with E-state index in [0.29, 0.717) is 0 Å². The molecule has 3 rings (SSSR count). The van der Waals surface area contributed by atoms with E-state index in [1.807, 2.05) is 36.4 Å². The van der Waals surface area contributed by atoms with Gasteiger partial charge in [0.2, 0.25) is 0 Å². The molecule has 118 valence electrons. The Balaban J connectivity index is 0.00000192. The zero-order valence-electron chi connectivity index (χ0n) is 12.6. The third kappa shape index (κ3) is 3.76. The Hall–Kier alpha value is -2.65. The summed E-state index contributed by atoms with van der Waals surface area (Å²) in [4.78, 5) is 0. The van der Waals surface area contributed by atoms with Crippen LogP contribution in [-0.4, -0.2) is 0 Å². The second-order valence-electron chi connectivity index (χ2n) is 5.43. The lowest BCUT2D eigenvalue weighted by Crippen LogP contribution is -2.04. The van der Waals surface area contributed by atoms with Crippen LogP contribution in [0.2, 0.25) is 0 Å². The Morgan fingerprint density at radius 2 is 0.652 bits per heavy atom. The summed E-state index contributed by atoms with van der Waals surface area (Å²) < 4.78 is 0. The summed E-state index contributed by atoms with van der Waals surface area (Å²) in [7, 11) is 0. The van der Waals surface area contributed by atoms with E-state index in [4.69, 9.17) is 17.2 Å². The van der Waals surface area contributed by atoms with Gasteiger partial charge in [-0.1, -0.05) is 36.4 Å². The van der Waals surface area contributed by atoms with Crippen LogP contribution in [0.25, 0.3) is 0 Å². The van der Waals surface area contributed by atoms with E-state index in [0.717, 1.165) is 17.1 Å². The van der Waals surface area contributed by atoms with Gasteiger partial charge in [-0.15, -0.1) is 12.4 Å². The standard InChI is InChI=1S/C19H19N3.ClH/c20-16-7-1-13(2-8-16)19(14-3-9-17(21)10-4-14)15-5-11-18(22)12-6-15;/h1-12,19H,20-22H2;1H. The van der Waals surface area contributed by atoms with Gasteiger partial charge in [0, 0.05) is 23.0 Å². The van der Waals surface area contributed by atoms with Crippen molar-refractivity contribution < 1.29 is 0 Å². The highest BCUT2D eigenvalue weighted by Gasteiger charge is 2.16. The Morgan fingerprint density at radius 3 is 0.870 bits per heavy atom. The molecule has 0 bridgehead atoms. The van der Waals surface area contributed by atoms with Crippen LogP contribution in [0.3, 0.4) is 0 Å². The van der Waals surface area contributed by atoms with Gasteiger partial charge < -0.3 is 17.2 Å². The van der Waals surface area contributed by atoms with E-state index in [2.05, 4.69) is 36.4 Å². The van der Waals surface area contributed by atoms with Crippen molar-refractivity contribution in [3.63, 3.8) is 0 Å². The Bertz CT molecular complexity index is 642. The molecule has 0 saturated carbocycles. The fourth-order valence-corrected chi connectivity index (χ4v) is 2.64. The molecule has 3 aromatic carbocycles. The maximum absolute atomic E-state index is 5.81. The van der Waals surface area contributed by atoms with E-state index in [1.165, 1.54) is 16.7 Å². The van der Waals surface area contributed by atoms with Gasteiger partial charge in [-0.2, -0.15) is 0 Å². The van der Waals surface area contributed by atoms with Crippen LogP contribution in [0.15, 0.2) is 72.8 Å². The number of halogens is 1. The summed E-state index contributed by atoms with van der Waals surface area (Å²) in [6.07, 6.45) is 0. The summed E-state index contributed by atoms with van der Waals surface area (Å²) >= 11 is 0. The fraction of sp³-hybridized carbons (Fsp3) is 0.0526. The molecule has 3 aromatic rings. The van der Waals surface area contributed by atoms with Crippen LogP contribution >= 0.6 is 12.4 Å². The zero-order chi connectivity index (χ0) is 15.5. The molecular formula is C19H20ClN3. The highest BCUT2D eigenvalue weighted by atomic mass is 35.5. The van der Waals surface area contributed by atoms with Gasteiger partial charge in [0.25, 0.3) is 0 Å². The van der Waals surface area contributed by atoms with Gasteiger partial charge in [0.15, 0.2) is 0 Å². The van der Waals surface area contributed by atoms with Crippen molar-refractivity contribution in [3.05, 3.63) is 89.5 Å². The predicted molar refractivity (Wildman–Crippen MR) is 101 cm³/mol. The van der Waals surface area contributed by atoms with Crippen LogP contribution in [0.5, 0.6) is 0 Å². The monoisotopic (exact) mass is 325 g/mol. The number of nitrogens with two attached hydrogens (primary N) is 3. The molecule has 0 atom stereocenters. The van der Waals surface area contributed by atoms with E-state index >= 15 is 0 Å². The molecule has 0 aromatic heterocycles. The highest BCUT2D eigenvalue weighted by Crippen LogP contribution is 2.33. The average molecular weight is 326 g/mol. The molecule has 6 N–H and O–H groups in total. The quantitative estimate of drug-likeness (QED) is 0.502. The van der Waals surface area contributed by atoms with Crippen molar-refractivity contribution in [2.24, 2.45) is 0 Å². The van der Waals surface area contributed by atoms with Gasteiger partial charge in [-0.25, -0.2) is 0 Å². The van der Waals surface area contributed by atoms with Gasteiger partial charge >= 0.3 is 0 Å². The van der Waals surface area contributed by atoms with Crippen molar-refractivity contribution in [2.45, 2.75) is 5.92 Å². The smallest absolute Gasteiger partial charge is 0.0340 e. The molecule has 0 heterocycles. The molecule has 0 aliphatic heterocycles. The van der Waals surface area contributed by atoms with E-state index in [-0.39, 0.29) is 18.3 Å². The first-order valence-electron chi connectivity index (χ1n) is 7.20. The minimum absolute atomic E-state index is 0. The Labute approximate surface area is 142 Å². The van der Waals surface area contributed by atoms with Crippen molar-refractivity contribution in [1.29, 1.82) is 0 Å². The second-order valence-corrected chi connectivity index (χ2v) is 5.43. The maximum atomic E-state index is 5.81. The molecule has 0 radical (unpaired) electrons. The predicted octanol–water partition coefficient (Wildman–Crippen LogP) is 4.04. The molecule has 0 spiro atoms. The number of anilines is 3. The maximum Gasteiger partial charge on any atom is 0.0340 e. The first-order valence-corrected chi connectivity index (χ1v) is 7.20. The average Bonchev–Trinajstić information content (AvgIpc) is 2.53. The normalized spacial score (nSPS) is 10.3. The van der Waals surface area contributed by atoms with Crippen LogP contribution in [0.1, 0.15) is 22.6 Å². The van der Waals surface area contributed by atoms with Crippen LogP contribution < -0.4 is 17.2 Å². The fourth-order valence-electron chi connectivity index (χ4n) is 2.64. The van der Waals surface area contributed by atoms with Crippen LogP contribution in [0, 0.1) is 0 Å². The third-order valence-corrected chi connectivity index (χ3v) is 3.81. The summed E-state index contributed by atoms with van der Waals surface area (Å²) in [6.45, 7) is 0. The van der Waals surface area contributed by atoms with E-state index < -0.39 is 0 Å². The minimum atomic E-state index is 0. The summed E-state index contributed by atoms with van der Waals surface area (Å²) in [5.74, 6) is 0.127. The molecule has 23 heavy (non-hydrogen) atoms. The molecule has 3 nitrogen and oxygen atoms in total. The van der Waals surface area contributed by atoms with Crippen molar-refractivity contribution in [1.82, 2.24) is 0 Å². The summed E-state index contributed by atoms with van der Waals surface area (Å²) in [5, 5.41) is 0. The molecule has 0 unspecified atom stereocenters. The number of rotatable bonds is 3. The lowest BCUT2D eigenvalue weighted by molar-refractivity contribution is 0.978. The summed E-state index contributed by atoms with van der Waals surface area (Å²) in [6, 6.07) is 23.9. The minimum Gasteiger partial charge on any atom is -0.399 e. The van der Waals surface area contributed by atoms with Gasteiger partial charge in [-0.3, -0.25) is 0 Å². The van der Waals surface area contributed by atoms with Gasteiger partial charge in [-0.05, 0) is 53.1 Å². The molecular weight excluding hydrogens is 306 g/mol. The van der Waals surface area contributed by atoms with E-state index in [1.54, 1.807) is 0 Å². The SMILES string of the molecule is Cl.Nc1ccc(C(c2ccc(N)cc2)c2ccc(N)cc2)cc1. The second kappa shape index (κ2) is 7.07. The van der Waals surface area contributed by atoms with Crippen molar-refractivity contribution >= 4 is 29.5 Å². The number of nitrogen functional groups attached to an aromatic ring is 3. The van der Waals surface area contributed by atoms with Gasteiger partial charge in [0.1, 0.15) is 0 Å². The Kier molecular flexibility index (Phi) is 5.14. The molecule has 0 aliphatic rings. The lowest BCUT2D eigenvalue weighted by Gasteiger charge is -2.19. The Morgan fingerprint density at radius 1 is 0.435 bits per heavy atom. The van der Waals surface area contributed by atoms with Gasteiger partial charge in [0.05, 0.1) is 0 Å². The van der Waals surface area contributed by atoms with Crippen molar-refractivity contribution in [3.8, 4) is 0 Å². The van der Waals surface area contributed by atoms with Crippen LogP contribution in [-0.2, 0) is 0 Å². The molecule has 0 aliphatic carbocycles. The van der Waals surface area contributed by atoms with E-state index in [9.17, 15) is 0 Å². The lowest BCUT2D eigenvalue weighted by atomic mass is 9.85. The number of hydrogen-bond donors (Lipinski definition) is 3. The number of benzene rings is 3. The topological polar surface area (TPSA) is 78.1 Å². The summed E-state index contributed by atoms with van der Waals surface area (Å²) in [5.41, 5.74) is 23.3. The highest BCUT2D eigenvalue weighted by molar-refractivity contribution is 5.85. The molecule has 4 heteroatoms. The number of hydrogen-bond acceptors (Lipinski definition) is 3. The van der Waals surface area contributed by atoms with Crippen molar-refractivity contribution in [2.75, 3.05) is 17.2 Å². The molecule has 0 fully saturated rings. The first-order chi connectivity index (χ1) is 10.6. The van der Waals surface area contributed by atoms with Crippen LogP contribution in [0.4, 0.5) is 17.1 Å². The largest absolute Gasteiger partial charge is 0.399 e. The first kappa shape index (κ1) is 16.7. The molecule has 0 amide bonds. The molecule has 0 saturated heterocycles. The zero-order valence-corrected chi connectivity index (χ0v) is 13.5. The third-order valence-electron chi connectivity index (χ3n) is 3.81.